The average Bonchev–Trinajstić information content (AvgIpc) is 2.52. The molecule has 1 unspecified atom stereocenters. The molecule has 0 aromatic rings. The van der Waals surface area contributed by atoms with Crippen LogP contribution in [0.5, 0.6) is 0 Å². The zero-order valence-corrected chi connectivity index (χ0v) is 16.0. The molecule has 0 fully saturated rings. The van der Waals surface area contributed by atoms with Gasteiger partial charge in [-0.1, -0.05) is 18.5 Å². The van der Waals surface area contributed by atoms with Crippen molar-refractivity contribution in [2.24, 2.45) is 5.16 Å². The molecule has 0 heterocycles. The minimum absolute atomic E-state index is 0.235. The number of thioether (sulfide) groups is 1. The third-order valence-electron chi connectivity index (χ3n) is 2.73. The van der Waals surface area contributed by atoms with Gasteiger partial charge in [0.05, 0.1) is 26.9 Å². The number of carbonyl (C=O) groups excluding carboxylic acids is 2. The van der Waals surface area contributed by atoms with Crippen LogP contribution in [0.4, 0.5) is 9.59 Å². The molecule has 0 N–H and O–H groups in total. The fourth-order valence-corrected chi connectivity index (χ4v) is 1.87. The minimum atomic E-state index is -2.06. The molecule has 0 aliphatic rings. The highest BCUT2D eigenvalue weighted by Gasteiger charge is 2.33. The summed E-state index contributed by atoms with van der Waals surface area (Å²) >= 11 is -0.535. The molecule has 0 rings (SSSR count). The lowest BCUT2D eigenvalue weighted by atomic mass is 10.2. The maximum atomic E-state index is 12.1. The summed E-state index contributed by atoms with van der Waals surface area (Å²) in [5, 5.41) is 3.58. The Morgan fingerprint density at radius 1 is 1.30 bits per heavy atom. The van der Waals surface area contributed by atoms with E-state index in [-0.39, 0.29) is 11.4 Å². The number of oxime groups is 1. The zero-order chi connectivity index (χ0) is 18.0. The first-order valence-corrected chi connectivity index (χ1v) is 9.32. The van der Waals surface area contributed by atoms with E-state index in [0.29, 0.717) is 6.42 Å². The first-order chi connectivity index (χ1) is 10.7. The smallest absolute Gasteiger partial charge is 0.479 e. The molecular formula is C13H25N3O5S2. The van der Waals surface area contributed by atoms with E-state index in [1.165, 1.54) is 32.1 Å². The van der Waals surface area contributed by atoms with E-state index in [9.17, 15) is 14.1 Å². The van der Waals surface area contributed by atoms with Gasteiger partial charge in [-0.05, 0) is 26.5 Å². The van der Waals surface area contributed by atoms with Gasteiger partial charge in [0, 0.05) is 4.75 Å². The van der Waals surface area contributed by atoms with E-state index in [1.807, 2.05) is 27.0 Å². The van der Waals surface area contributed by atoms with Crippen molar-refractivity contribution in [3.8, 4) is 0 Å². The molecule has 8 nitrogen and oxygen atoms in total. The van der Waals surface area contributed by atoms with Gasteiger partial charge in [-0.25, -0.2) is 9.59 Å². The fraction of sp³-hybridized carbons (Fsp3) is 0.769. The molecule has 0 saturated heterocycles. The molecule has 23 heavy (non-hydrogen) atoms. The van der Waals surface area contributed by atoms with Crippen molar-refractivity contribution in [2.75, 3.05) is 27.0 Å². The summed E-state index contributed by atoms with van der Waals surface area (Å²) in [7, 11) is 2.51. The molecule has 134 valence electrons. The number of nitrogens with zero attached hydrogens (tertiary/aromatic N) is 3. The van der Waals surface area contributed by atoms with Crippen molar-refractivity contribution >= 4 is 41.7 Å². The summed E-state index contributed by atoms with van der Waals surface area (Å²) in [6, 6.07) is 0. The molecule has 0 aromatic carbocycles. The highest BCUT2D eigenvalue weighted by Crippen LogP contribution is 2.18. The normalized spacial score (nSPS) is 12.8. The number of hydrogen-bond donors (Lipinski definition) is 0. The maximum absolute atomic E-state index is 12.1. The Kier molecular flexibility index (Phi) is 10.1. The lowest BCUT2D eigenvalue weighted by Gasteiger charge is -2.23. The zero-order valence-electron chi connectivity index (χ0n) is 14.4. The van der Waals surface area contributed by atoms with Crippen LogP contribution in [0.3, 0.4) is 0 Å². The molecule has 1 atom stereocenters. The van der Waals surface area contributed by atoms with Gasteiger partial charge in [0.25, 0.3) is 0 Å². The molecule has 10 heteroatoms. The van der Waals surface area contributed by atoms with Gasteiger partial charge in [0.15, 0.2) is 0 Å². The fourth-order valence-electron chi connectivity index (χ4n) is 1.01. The number of unbranched alkanes of at least 4 members (excludes halogenated alkanes) is 1. The minimum Gasteiger partial charge on any atom is -0.568 e. The predicted molar refractivity (Wildman–Crippen MR) is 92.5 cm³/mol. The molecule has 0 aliphatic carbocycles. The highest BCUT2D eigenvalue weighted by atomic mass is 32.2. The Hall–Kier alpha value is -1.13. The number of rotatable bonds is 8. The molecule has 0 aromatic heterocycles. The Bertz CT molecular complexity index is 420. The Morgan fingerprint density at radius 2 is 1.87 bits per heavy atom. The van der Waals surface area contributed by atoms with Crippen LogP contribution < -0.4 is 0 Å². The molecular weight excluding hydrogens is 342 g/mol. The molecule has 0 radical (unpaired) electrons. The van der Waals surface area contributed by atoms with Crippen LogP contribution in [0, 0.1) is 0 Å². The third kappa shape index (κ3) is 8.33. The second-order valence-electron chi connectivity index (χ2n) is 5.09. The van der Waals surface area contributed by atoms with Crippen LogP contribution in [-0.2, 0) is 21.1 Å². The maximum Gasteiger partial charge on any atom is 0.479 e. The van der Waals surface area contributed by atoms with Crippen molar-refractivity contribution in [2.45, 2.75) is 38.4 Å². The summed E-state index contributed by atoms with van der Waals surface area (Å²) in [5.74, 6) is 0. The standard InChI is InChI=1S/C13H25N3O5S2/c1-7-8-9-20-11(17)15(4)23(19)16(5)12(18)21-14-10-13(2,3)22-6/h10H,7-9H2,1-6H3. The van der Waals surface area contributed by atoms with Crippen LogP contribution in [0.15, 0.2) is 5.16 Å². The molecule has 0 bridgehead atoms. The number of ether oxygens (including phenoxy) is 1. The summed E-state index contributed by atoms with van der Waals surface area (Å²) in [5.41, 5.74) is 0. The van der Waals surface area contributed by atoms with Crippen molar-refractivity contribution in [1.29, 1.82) is 0 Å². The van der Waals surface area contributed by atoms with Crippen LogP contribution in [0.25, 0.3) is 0 Å². The first kappa shape index (κ1) is 21.9. The van der Waals surface area contributed by atoms with Gasteiger partial charge in [0.1, 0.15) is 0 Å². The number of carbonyl (C=O) groups is 2. The molecule has 0 saturated carbocycles. The van der Waals surface area contributed by atoms with Crippen LogP contribution >= 0.6 is 11.8 Å². The van der Waals surface area contributed by atoms with Gasteiger partial charge in [0.2, 0.25) is 11.5 Å². The largest absolute Gasteiger partial charge is 0.568 e. The second-order valence-corrected chi connectivity index (χ2v) is 8.11. The number of hydrogen-bond acceptors (Lipinski definition) is 7. The summed E-state index contributed by atoms with van der Waals surface area (Å²) in [6.07, 6.45) is 3.23. The van der Waals surface area contributed by atoms with Crippen molar-refractivity contribution in [3.63, 3.8) is 0 Å². The average molecular weight is 367 g/mol. The first-order valence-electron chi connectivity index (χ1n) is 7.03. The Balaban J connectivity index is 4.48. The van der Waals surface area contributed by atoms with Crippen LogP contribution in [0.2, 0.25) is 0 Å². The van der Waals surface area contributed by atoms with E-state index in [4.69, 9.17) is 4.74 Å². The lowest BCUT2D eigenvalue weighted by Crippen LogP contribution is -2.45. The monoisotopic (exact) mass is 367 g/mol. The topological polar surface area (TPSA) is 94.5 Å². The van der Waals surface area contributed by atoms with Crippen LogP contribution in [0.1, 0.15) is 33.6 Å². The van der Waals surface area contributed by atoms with Gasteiger partial charge in [-0.15, -0.1) is 8.61 Å². The summed E-state index contributed by atoms with van der Waals surface area (Å²) in [4.78, 5) is 28.1. The molecule has 0 aliphatic heterocycles. The van der Waals surface area contributed by atoms with Crippen molar-refractivity contribution < 1.29 is 23.7 Å². The van der Waals surface area contributed by atoms with E-state index < -0.39 is 23.7 Å². The van der Waals surface area contributed by atoms with Gasteiger partial charge in [-0.2, -0.15) is 11.8 Å². The second kappa shape index (κ2) is 10.6. The van der Waals surface area contributed by atoms with Crippen molar-refractivity contribution in [1.82, 2.24) is 8.61 Å². The molecule has 0 spiro atoms. The Labute approximate surface area is 145 Å². The molecule has 2 amide bonds. The van der Waals surface area contributed by atoms with E-state index in [1.54, 1.807) is 0 Å². The predicted octanol–water partition coefficient (Wildman–Crippen LogP) is 2.63. The van der Waals surface area contributed by atoms with E-state index in [2.05, 4.69) is 9.99 Å². The summed E-state index contributed by atoms with van der Waals surface area (Å²) < 4.78 is 18.3. The third-order valence-corrected chi connectivity index (χ3v) is 5.12. The van der Waals surface area contributed by atoms with E-state index in [0.717, 1.165) is 15.0 Å². The summed E-state index contributed by atoms with van der Waals surface area (Å²) in [6.45, 7) is 5.99. The van der Waals surface area contributed by atoms with Gasteiger partial charge >= 0.3 is 12.2 Å². The van der Waals surface area contributed by atoms with E-state index >= 15 is 0 Å². The van der Waals surface area contributed by atoms with Crippen molar-refractivity contribution in [3.05, 3.63) is 0 Å². The van der Waals surface area contributed by atoms with Crippen LogP contribution in [-0.4, -0.2) is 63.3 Å². The van der Waals surface area contributed by atoms with Gasteiger partial charge in [-0.3, -0.25) is 4.84 Å². The highest BCUT2D eigenvalue weighted by molar-refractivity contribution is 8.00. The van der Waals surface area contributed by atoms with Gasteiger partial charge < -0.3 is 9.29 Å². The quantitative estimate of drug-likeness (QED) is 0.215. The Morgan fingerprint density at radius 3 is 2.39 bits per heavy atom. The lowest BCUT2D eigenvalue weighted by molar-refractivity contribution is 0.122. The number of amides is 2. The SMILES string of the molecule is CCCCOC(=O)N(C)[S+]([O-])N(C)C(=O)ON=CC(C)(C)SC.